The van der Waals surface area contributed by atoms with Crippen molar-refractivity contribution in [3.8, 4) is 5.75 Å². The molecule has 19 N–H and O–H groups in total. The Bertz CT molecular complexity index is 3560. The van der Waals surface area contributed by atoms with Crippen LogP contribution >= 0.6 is 0 Å². The van der Waals surface area contributed by atoms with E-state index >= 15 is 0 Å². The molecule has 0 aromatic heterocycles. The Morgan fingerprint density at radius 2 is 1.14 bits per heavy atom. The summed E-state index contributed by atoms with van der Waals surface area (Å²) < 4.78 is 59.4. The van der Waals surface area contributed by atoms with Crippen LogP contribution in [0.2, 0.25) is 0 Å². The van der Waals surface area contributed by atoms with Crippen LogP contribution in [-0.4, -0.2) is 266 Å². The molecule has 2 aromatic carbocycles. The average molecular weight is 1520 g/mol. The fraction of sp³-hybridized carbons (Fsp3) is 0.600. The van der Waals surface area contributed by atoms with Gasteiger partial charge in [0.15, 0.2) is 12.6 Å². The van der Waals surface area contributed by atoms with Crippen LogP contribution in [0, 0.1) is 11.8 Å². The van der Waals surface area contributed by atoms with Crippen LogP contribution in [0.3, 0.4) is 0 Å². The van der Waals surface area contributed by atoms with Crippen molar-refractivity contribution >= 4 is 93.3 Å². The van der Waals surface area contributed by atoms with Gasteiger partial charge in [-0.05, 0) is 68.2 Å². The van der Waals surface area contributed by atoms with Gasteiger partial charge >= 0.3 is 28.3 Å². The van der Waals surface area contributed by atoms with E-state index in [1.807, 2.05) is 0 Å². The number of aliphatic carboxylic acids is 3. The largest absolute Gasteiger partial charge is 0.481 e. The normalized spacial score (nSPS) is 23.0. The zero-order valence-corrected chi connectivity index (χ0v) is 59.5. The predicted octanol–water partition coefficient (Wildman–Crippen LogP) is -6.00. The molecule has 1 unspecified atom stereocenters. The third kappa shape index (κ3) is 27.4. The van der Waals surface area contributed by atoms with E-state index in [0.29, 0.717) is 5.56 Å². The molecule has 0 aliphatic carbocycles. The fourth-order valence-electron chi connectivity index (χ4n) is 11.9. The molecule has 0 bridgehead atoms. The Morgan fingerprint density at radius 1 is 0.613 bits per heavy atom. The maximum atomic E-state index is 14.9. The molecule has 3 fully saturated rings. The zero-order chi connectivity index (χ0) is 79.0. The number of benzene rings is 2. The third-order valence-electron chi connectivity index (χ3n) is 17.0. The van der Waals surface area contributed by atoms with E-state index in [1.54, 1.807) is 44.2 Å². The van der Waals surface area contributed by atoms with Gasteiger partial charge in [-0.2, -0.15) is 8.42 Å². The highest BCUT2D eigenvalue weighted by Crippen LogP contribution is 2.29. The number of carboxylic acid groups (broad SMARTS) is 3. The first-order valence-corrected chi connectivity index (χ1v) is 35.0. The van der Waals surface area contributed by atoms with Crippen LogP contribution in [0.25, 0.3) is 0 Å². The Hall–Kier alpha value is -9.59. The minimum absolute atomic E-state index is 0.0858. The summed E-state index contributed by atoms with van der Waals surface area (Å²) in [6.45, 7) is 5.85. The van der Waals surface area contributed by atoms with Crippen molar-refractivity contribution in [2.45, 2.75) is 209 Å². The molecule has 588 valence electrons. The van der Waals surface area contributed by atoms with Crippen molar-refractivity contribution < 1.29 is 139 Å². The van der Waals surface area contributed by atoms with Crippen molar-refractivity contribution in [3.05, 3.63) is 65.7 Å². The summed E-state index contributed by atoms with van der Waals surface area (Å²) >= 11 is 0. The Balaban J connectivity index is 1.40. The smallest absolute Gasteiger partial charge is 0.446 e. The summed E-state index contributed by atoms with van der Waals surface area (Å²) in [6.07, 6.45) is -16.0. The summed E-state index contributed by atoms with van der Waals surface area (Å²) in [5.41, 5.74) is 6.27. The molecular formula is C65H93N11O29S. The molecule has 41 heteroatoms. The number of amides is 11. The van der Waals surface area contributed by atoms with Gasteiger partial charge in [0.05, 0.1) is 38.4 Å². The number of nitrogens with two attached hydrogens (primary N) is 1. The molecule has 3 saturated heterocycles. The lowest BCUT2D eigenvalue weighted by Gasteiger charge is -2.44. The summed E-state index contributed by atoms with van der Waals surface area (Å²) in [5.74, 6) is -17.5. The lowest BCUT2D eigenvalue weighted by atomic mass is 9.93. The van der Waals surface area contributed by atoms with Gasteiger partial charge in [0.1, 0.15) is 84.5 Å². The first kappa shape index (κ1) is 87.0. The minimum atomic E-state index is -4.91. The maximum absolute atomic E-state index is 14.9. The van der Waals surface area contributed by atoms with Crippen LogP contribution in [0.4, 0.5) is 0 Å². The van der Waals surface area contributed by atoms with Gasteiger partial charge in [-0.15, -0.1) is 0 Å². The van der Waals surface area contributed by atoms with E-state index < -0.39 is 255 Å². The molecular weight excluding hydrogens is 1430 g/mol. The Morgan fingerprint density at radius 3 is 1.68 bits per heavy atom. The van der Waals surface area contributed by atoms with Crippen molar-refractivity contribution in [2.24, 2.45) is 17.6 Å². The molecule has 5 rings (SSSR count). The molecule has 3 aliphatic rings. The number of hydrogen-bond acceptors (Lipinski definition) is 25. The van der Waals surface area contributed by atoms with Crippen LogP contribution < -0.4 is 57.8 Å². The second-order valence-corrected chi connectivity index (χ2v) is 27.1. The molecule has 40 nitrogen and oxygen atoms in total. The number of carbonyl (C=O) groups excluding carboxylic acids is 11. The molecule has 0 saturated carbocycles. The molecule has 106 heavy (non-hydrogen) atoms. The fourth-order valence-corrected chi connectivity index (χ4v) is 12.2. The second-order valence-electron chi connectivity index (χ2n) is 26.1. The number of rotatable bonds is 40. The summed E-state index contributed by atoms with van der Waals surface area (Å²) in [6, 6.07) is -3.79. The van der Waals surface area contributed by atoms with Gasteiger partial charge < -0.3 is 117 Å². The van der Waals surface area contributed by atoms with Crippen molar-refractivity contribution in [1.29, 1.82) is 0 Å². The number of primary amides is 1. The molecule has 18 atom stereocenters. The van der Waals surface area contributed by atoms with Gasteiger partial charge in [-0.25, -0.2) is 0 Å². The van der Waals surface area contributed by atoms with E-state index in [9.17, 15) is 111 Å². The molecule has 2 aromatic rings. The SMILES string of the molecule is CC(=O)N[C@H]1[C@@H](OC(C)[C@H](NC(=O)[C@H](CCC(=O)O)NC(=O)[C@@H]2CCCN2C(=O)[C@H](CC(C)C)NC(=O)[C@H](Cc2ccccc2)NC(=O)[C@H](CC(=O)O)NC(=O)[C@H](Cc2ccc(OS(=O)(=O)O)cc2)NC(C)=O)C(=O)N[C@@H](CCC(=O)O)C(N)=O)OC[C@H](CO[C@@H]2O[C@H](CO)[C@@H](O)[C@H](O)[C@H]2NC(C)=O)[C@@H]1O. The van der Waals surface area contributed by atoms with Gasteiger partial charge in [-0.3, -0.25) is 71.7 Å². The third-order valence-corrected chi connectivity index (χ3v) is 17.4. The quantitative estimate of drug-likeness (QED) is 0.0276. The molecule has 3 heterocycles. The van der Waals surface area contributed by atoms with E-state index in [-0.39, 0.29) is 55.9 Å². The highest BCUT2D eigenvalue weighted by atomic mass is 32.3. The van der Waals surface area contributed by atoms with E-state index in [4.69, 9.17) is 29.2 Å². The first-order valence-electron chi connectivity index (χ1n) is 33.6. The maximum Gasteiger partial charge on any atom is 0.446 e. The number of nitrogens with one attached hydrogen (secondary N) is 9. The summed E-state index contributed by atoms with van der Waals surface area (Å²) in [7, 11) is -4.91. The minimum Gasteiger partial charge on any atom is -0.481 e. The van der Waals surface area contributed by atoms with Gasteiger partial charge in [0.25, 0.3) is 0 Å². The first-order chi connectivity index (χ1) is 49.7. The zero-order valence-electron chi connectivity index (χ0n) is 58.6. The van der Waals surface area contributed by atoms with E-state index in [0.717, 1.165) is 37.8 Å². The van der Waals surface area contributed by atoms with Crippen LogP contribution in [0.15, 0.2) is 54.6 Å². The number of aliphatic hydroxyl groups excluding tert-OH is 4. The molecule has 3 aliphatic heterocycles. The predicted molar refractivity (Wildman–Crippen MR) is 360 cm³/mol. The van der Waals surface area contributed by atoms with Gasteiger partial charge in [-0.1, -0.05) is 56.3 Å². The summed E-state index contributed by atoms with van der Waals surface area (Å²) in [4.78, 5) is 188. The van der Waals surface area contributed by atoms with Crippen molar-refractivity contribution in [2.75, 3.05) is 26.4 Å². The number of hydrogen-bond donors (Lipinski definition) is 18. The number of carboxylic acids is 3. The second kappa shape index (κ2) is 40.8. The number of likely N-dealkylation sites (tertiary alicyclic amines) is 1. The topological polar surface area (TPSA) is 619 Å². The van der Waals surface area contributed by atoms with E-state index in [1.165, 1.54) is 19.1 Å². The lowest BCUT2D eigenvalue weighted by molar-refractivity contribution is -0.284. The number of nitrogens with zero attached hydrogens (tertiary/aromatic N) is 1. The standard InChI is InChI=1S/C65H93N11O29S/c1-30(2)23-44(74-59(93)42(24-35-11-8-7-9-12-35)72-60(94)43(26-49(85)86)73-58(92)41(67-32(4)78)25-36-14-16-38(17-15-36)105-106(98,99)100)63(97)76-22-10-13-45(76)61(95)71-40(19-21-48(83)84)57(91)75-50(62(96)70-39(56(66)90)18-20-47(81)82)31(3)103-64-51(68-33(5)79)53(87)37(28-101-64)29-102-65-52(69-34(6)80)55(89)54(88)46(27-77)104-65/h7-9,11-12,14-17,30-31,37,39-46,50-55,64-65,77,87-89H,10,13,18-29H2,1-6H3,(H2,66,90)(H,67,78)(H,68,79)(H,69,80)(H,70,96)(H,71,95)(H,72,94)(H,73,92)(H,74,93)(H,75,91)(H,81,82)(H,83,84)(H,85,86)(H,98,99,100)/t31?,37-,39+,40+,41+,42+,43+,44+,45+,46-,50+,51-,52-,53+,54-,55-,64-,65-/m1/s1. The Kier molecular flexibility index (Phi) is 33.5. The summed E-state index contributed by atoms with van der Waals surface area (Å²) in [5, 5.41) is 93.9. The van der Waals surface area contributed by atoms with Crippen molar-refractivity contribution in [3.63, 3.8) is 0 Å². The number of ether oxygens (including phenoxy) is 4. The van der Waals surface area contributed by atoms with Crippen molar-refractivity contribution in [1.82, 2.24) is 52.8 Å². The van der Waals surface area contributed by atoms with E-state index in [2.05, 4.69) is 52.0 Å². The average Bonchev–Trinajstić information content (AvgIpc) is 1.14. The van der Waals surface area contributed by atoms with Gasteiger partial charge in [0, 0.05) is 58.9 Å². The van der Waals surface area contributed by atoms with Gasteiger partial charge in [0.2, 0.25) is 65.0 Å². The highest BCUT2D eigenvalue weighted by Gasteiger charge is 2.49. The lowest BCUT2D eigenvalue weighted by Crippen LogP contribution is -2.65. The number of aliphatic hydroxyl groups is 4. The van der Waals surface area contributed by atoms with Crippen LogP contribution in [0.5, 0.6) is 5.75 Å². The molecule has 11 amide bonds. The monoisotopic (exact) mass is 1520 g/mol. The molecule has 0 spiro atoms. The Labute approximate surface area is 607 Å². The number of carbonyl (C=O) groups is 14. The van der Waals surface area contributed by atoms with Crippen LogP contribution in [-0.2, 0) is 109 Å². The molecule has 0 radical (unpaired) electrons. The van der Waals surface area contributed by atoms with Crippen LogP contribution in [0.1, 0.15) is 104 Å². The highest BCUT2D eigenvalue weighted by molar-refractivity contribution is 7.81.